The highest BCUT2D eigenvalue weighted by atomic mass is 32.2. The van der Waals surface area contributed by atoms with E-state index in [4.69, 9.17) is 0 Å². The number of rotatable bonds is 10. The third-order valence-electron chi connectivity index (χ3n) is 7.21. The van der Waals surface area contributed by atoms with Crippen molar-refractivity contribution in [2.45, 2.75) is 57.4 Å². The zero-order chi connectivity index (χ0) is 29.7. The van der Waals surface area contributed by atoms with Crippen LogP contribution in [-0.4, -0.2) is 33.3 Å². The first-order chi connectivity index (χ1) is 19.4. The van der Waals surface area contributed by atoms with Gasteiger partial charge in [0, 0.05) is 6.54 Å². The van der Waals surface area contributed by atoms with Gasteiger partial charge in [-0.05, 0) is 82.6 Å². The molecule has 0 fully saturated rings. The van der Waals surface area contributed by atoms with Crippen LogP contribution in [0.5, 0.6) is 0 Å². The van der Waals surface area contributed by atoms with E-state index in [1.54, 1.807) is 24.3 Å². The van der Waals surface area contributed by atoms with Gasteiger partial charge in [-0.3, -0.25) is 4.79 Å². The van der Waals surface area contributed by atoms with E-state index in [9.17, 15) is 13.2 Å². The lowest BCUT2D eigenvalue weighted by Crippen LogP contribution is -2.32. The Balaban J connectivity index is 1.61. The van der Waals surface area contributed by atoms with Crippen molar-refractivity contribution in [1.82, 2.24) is 9.62 Å². The monoisotopic (exact) mass is 568 g/mol. The van der Waals surface area contributed by atoms with Gasteiger partial charge in [0.15, 0.2) is 0 Å². The molecule has 0 aromatic heterocycles. The average molecular weight is 569 g/mol. The maximum atomic E-state index is 13.2. The minimum absolute atomic E-state index is 0.00774. The van der Waals surface area contributed by atoms with Crippen LogP contribution in [0.4, 0.5) is 0 Å². The van der Waals surface area contributed by atoms with E-state index in [1.807, 2.05) is 37.2 Å². The van der Waals surface area contributed by atoms with Crippen LogP contribution in [-0.2, 0) is 27.8 Å². The molecule has 0 heterocycles. The molecule has 0 radical (unpaired) electrons. The molecule has 0 aliphatic rings. The van der Waals surface area contributed by atoms with E-state index in [0.717, 1.165) is 38.9 Å². The molecule has 4 aromatic rings. The fourth-order valence-corrected chi connectivity index (χ4v) is 6.13. The van der Waals surface area contributed by atoms with Crippen LogP contribution in [0.1, 0.15) is 61.8 Å². The van der Waals surface area contributed by atoms with Gasteiger partial charge >= 0.3 is 0 Å². The second-order valence-electron chi connectivity index (χ2n) is 11.5. The topological polar surface area (TPSA) is 66.5 Å². The lowest BCUT2D eigenvalue weighted by atomic mass is 9.84. The van der Waals surface area contributed by atoms with Crippen molar-refractivity contribution in [1.29, 1.82) is 0 Å². The summed E-state index contributed by atoms with van der Waals surface area (Å²) in [6.45, 7) is 9.13. The second-order valence-corrected chi connectivity index (χ2v) is 13.2. The maximum absolute atomic E-state index is 13.2. The summed E-state index contributed by atoms with van der Waals surface area (Å²) in [6, 6.07) is 29.8. The molecule has 0 saturated heterocycles. The Morgan fingerprint density at radius 1 is 0.707 bits per heavy atom. The molecule has 214 valence electrons. The van der Waals surface area contributed by atoms with Crippen molar-refractivity contribution in [2.75, 3.05) is 14.1 Å². The maximum Gasteiger partial charge on any atom is 0.264 e. The first-order valence-electron chi connectivity index (χ1n) is 14.1. The predicted octanol–water partition coefficient (Wildman–Crippen LogP) is 7.38. The van der Waals surface area contributed by atoms with Gasteiger partial charge in [0.05, 0.1) is 11.3 Å². The van der Waals surface area contributed by atoms with Gasteiger partial charge in [0.1, 0.15) is 0 Å². The lowest BCUT2D eigenvalue weighted by Gasteiger charge is -2.22. The van der Waals surface area contributed by atoms with Gasteiger partial charge in [-0.25, -0.2) is 13.1 Å². The van der Waals surface area contributed by atoms with Crippen LogP contribution in [0.3, 0.4) is 0 Å². The largest absolute Gasteiger partial charge is 0.305 e. The van der Waals surface area contributed by atoms with Crippen LogP contribution >= 0.6 is 0 Å². The molecule has 41 heavy (non-hydrogen) atoms. The normalized spacial score (nSPS) is 11.8. The average Bonchev–Trinajstić information content (AvgIpc) is 2.93. The zero-order valence-electron chi connectivity index (χ0n) is 24.8. The number of carbonyl (C=O) groups is 1. The summed E-state index contributed by atoms with van der Waals surface area (Å²) in [5.74, 6) is -0.231. The lowest BCUT2D eigenvalue weighted by molar-refractivity contribution is -0.118. The van der Waals surface area contributed by atoms with Crippen molar-refractivity contribution in [3.63, 3.8) is 0 Å². The van der Waals surface area contributed by atoms with E-state index in [-0.39, 0.29) is 23.2 Å². The van der Waals surface area contributed by atoms with E-state index < -0.39 is 15.9 Å². The van der Waals surface area contributed by atoms with Gasteiger partial charge in [-0.15, -0.1) is 0 Å². The molecule has 0 bridgehead atoms. The number of hydrogen-bond donors (Lipinski definition) is 1. The molecule has 0 atom stereocenters. The summed E-state index contributed by atoms with van der Waals surface area (Å²) in [4.78, 5) is 15.3. The Morgan fingerprint density at radius 3 is 1.68 bits per heavy atom. The molecule has 0 aliphatic heterocycles. The smallest absolute Gasteiger partial charge is 0.264 e. The summed E-state index contributed by atoms with van der Waals surface area (Å²) >= 11 is 0. The quantitative estimate of drug-likeness (QED) is 0.217. The van der Waals surface area contributed by atoms with Crippen LogP contribution in [0.2, 0.25) is 0 Å². The van der Waals surface area contributed by atoms with Crippen molar-refractivity contribution < 1.29 is 13.2 Å². The number of nitrogens with zero attached hydrogens (tertiary/aromatic N) is 1. The summed E-state index contributed by atoms with van der Waals surface area (Å²) in [7, 11) is -0.0739. The number of sulfonamides is 1. The van der Waals surface area contributed by atoms with Crippen molar-refractivity contribution in [2.24, 2.45) is 0 Å². The van der Waals surface area contributed by atoms with Crippen molar-refractivity contribution >= 4 is 15.9 Å². The zero-order valence-corrected chi connectivity index (χ0v) is 25.6. The highest BCUT2D eigenvalue weighted by molar-refractivity contribution is 7.90. The van der Waals surface area contributed by atoms with E-state index in [0.29, 0.717) is 6.54 Å². The Kier molecular flexibility index (Phi) is 9.46. The predicted molar refractivity (Wildman–Crippen MR) is 168 cm³/mol. The molecule has 0 spiro atoms. The molecule has 4 rings (SSSR count). The molecular weight excluding hydrogens is 528 g/mol. The summed E-state index contributed by atoms with van der Waals surface area (Å²) < 4.78 is 28.4. The highest BCUT2D eigenvalue weighted by Crippen LogP contribution is 2.35. The van der Waals surface area contributed by atoms with Crippen molar-refractivity contribution in [3.05, 3.63) is 113 Å². The Morgan fingerprint density at radius 2 is 1.20 bits per heavy atom. The van der Waals surface area contributed by atoms with Gasteiger partial charge < -0.3 is 4.90 Å². The number of benzene rings is 4. The van der Waals surface area contributed by atoms with Crippen molar-refractivity contribution in [3.8, 4) is 22.3 Å². The van der Waals surface area contributed by atoms with Crippen LogP contribution < -0.4 is 4.72 Å². The van der Waals surface area contributed by atoms with Gasteiger partial charge in [-0.1, -0.05) is 107 Å². The number of amides is 1. The number of nitrogens with one attached hydrogen (secondary N) is 1. The SMILES string of the molecule is CC(C)c1cc(-c2ccc(-c3ccccc3)cc2)cc(C(C)C)c1CC(=O)NS(=O)(=O)c1ccc(CN(C)C)cc1. The van der Waals surface area contributed by atoms with Crippen LogP contribution in [0, 0.1) is 0 Å². The Bertz CT molecular complexity index is 1560. The molecule has 1 N–H and O–H groups in total. The fourth-order valence-electron chi connectivity index (χ4n) is 5.15. The summed E-state index contributed by atoms with van der Waals surface area (Å²) in [5, 5.41) is 0. The van der Waals surface area contributed by atoms with E-state index >= 15 is 0 Å². The third-order valence-corrected chi connectivity index (χ3v) is 8.60. The summed E-state index contributed by atoms with van der Waals surface area (Å²) in [6.07, 6.45) is -0.00774. The van der Waals surface area contributed by atoms with Gasteiger partial charge in [0.2, 0.25) is 5.91 Å². The standard InChI is InChI=1S/C35H40N2O3S/c1-24(2)32-20-30(29-16-14-28(15-17-29)27-10-8-7-9-11-27)21-33(25(3)4)34(32)22-35(38)36-41(39,40)31-18-12-26(13-19-31)23-37(5)6/h7-21,24-25H,22-23H2,1-6H3,(H,36,38). The van der Waals surface area contributed by atoms with Gasteiger partial charge in [-0.2, -0.15) is 0 Å². The molecule has 0 aliphatic carbocycles. The minimum atomic E-state index is -3.98. The number of hydrogen-bond acceptors (Lipinski definition) is 4. The first kappa shape index (κ1) is 30.2. The second kappa shape index (κ2) is 12.8. The molecule has 5 nitrogen and oxygen atoms in total. The number of carbonyl (C=O) groups excluding carboxylic acids is 1. The van der Waals surface area contributed by atoms with Crippen LogP contribution in [0.25, 0.3) is 22.3 Å². The minimum Gasteiger partial charge on any atom is -0.305 e. The third kappa shape index (κ3) is 7.51. The Hall–Kier alpha value is -3.74. The molecule has 4 aromatic carbocycles. The molecular formula is C35H40N2O3S. The Labute approximate surface area is 245 Å². The molecule has 0 unspecified atom stereocenters. The van der Waals surface area contributed by atoms with E-state index in [2.05, 4.69) is 80.9 Å². The summed E-state index contributed by atoms with van der Waals surface area (Å²) in [5.41, 5.74) is 8.52. The molecule has 6 heteroatoms. The first-order valence-corrected chi connectivity index (χ1v) is 15.5. The van der Waals surface area contributed by atoms with Gasteiger partial charge in [0.25, 0.3) is 10.0 Å². The molecule has 0 saturated carbocycles. The fraction of sp³-hybridized carbons (Fsp3) is 0.286. The highest BCUT2D eigenvalue weighted by Gasteiger charge is 2.23. The molecule has 1 amide bonds. The van der Waals surface area contributed by atoms with E-state index in [1.165, 1.54) is 5.56 Å². The van der Waals surface area contributed by atoms with Crippen LogP contribution in [0.15, 0.2) is 95.9 Å².